The van der Waals surface area contributed by atoms with Crippen LogP contribution in [-0.2, 0) is 13.6 Å². The van der Waals surface area contributed by atoms with Crippen LogP contribution in [0.25, 0.3) is 11.2 Å². The summed E-state index contributed by atoms with van der Waals surface area (Å²) in [7, 11) is 1.77. The lowest BCUT2D eigenvalue weighted by Gasteiger charge is -2.01. The molecule has 1 saturated carbocycles. The maximum absolute atomic E-state index is 12.5. The summed E-state index contributed by atoms with van der Waals surface area (Å²) in [5, 5.41) is 7.44. The van der Waals surface area contributed by atoms with Crippen molar-refractivity contribution in [2.45, 2.75) is 12.5 Å². The van der Waals surface area contributed by atoms with E-state index in [2.05, 4.69) is 25.4 Å². The molecular formula is C14H16ClN7O2. The van der Waals surface area contributed by atoms with E-state index in [0.717, 1.165) is 18.9 Å². The van der Waals surface area contributed by atoms with E-state index in [9.17, 15) is 4.79 Å². The number of halogens is 1. The van der Waals surface area contributed by atoms with Crippen LogP contribution in [0, 0.1) is 11.8 Å². The highest BCUT2D eigenvalue weighted by atomic mass is 35.5. The predicted octanol–water partition coefficient (Wildman–Crippen LogP) is -0.0841. The van der Waals surface area contributed by atoms with Gasteiger partial charge < -0.3 is 14.4 Å². The predicted molar refractivity (Wildman–Crippen MR) is 86.0 cm³/mol. The quantitative estimate of drug-likeness (QED) is 0.705. The zero-order valence-corrected chi connectivity index (χ0v) is 13.7. The van der Waals surface area contributed by atoms with Gasteiger partial charge in [0.2, 0.25) is 5.89 Å². The number of aromatic nitrogens is 6. The van der Waals surface area contributed by atoms with Gasteiger partial charge in [-0.25, -0.2) is 9.97 Å². The van der Waals surface area contributed by atoms with E-state index in [1.807, 2.05) is 0 Å². The minimum atomic E-state index is -0.165. The second kappa shape index (κ2) is 5.38. The van der Waals surface area contributed by atoms with Gasteiger partial charge in [0.05, 0.1) is 6.33 Å². The minimum absolute atomic E-state index is 0. The normalized spacial score (nSPS) is 24.8. The Kier molecular flexibility index (Phi) is 3.43. The summed E-state index contributed by atoms with van der Waals surface area (Å²) >= 11 is 0. The Morgan fingerprint density at radius 2 is 2.04 bits per heavy atom. The van der Waals surface area contributed by atoms with Gasteiger partial charge in [0, 0.05) is 13.0 Å². The maximum Gasteiger partial charge on any atom is 0.280 e. The summed E-state index contributed by atoms with van der Waals surface area (Å²) in [6.07, 6.45) is 3.05. The van der Waals surface area contributed by atoms with Crippen molar-refractivity contribution >= 4 is 23.6 Å². The van der Waals surface area contributed by atoms with Gasteiger partial charge in [0.1, 0.15) is 12.9 Å². The first-order valence-corrected chi connectivity index (χ1v) is 7.62. The fourth-order valence-corrected chi connectivity index (χ4v) is 3.60. The Morgan fingerprint density at radius 1 is 1.29 bits per heavy atom. The maximum atomic E-state index is 12.5. The number of nitrogens with zero attached hydrogens (tertiary/aromatic N) is 6. The van der Waals surface area contributed by atoms with E-state index >= 15 is 0 Å². The third-order valence-electron chi connectivity index (χ3n) is 4.88. The fourth-order valence-electron chi connectivity index (χ4n) is 3.60. The van der Waals surface area contributed by atoms with Crippen molar-refractivity contribution < 1.29 is 4.52 Å². The molecule has 1 aliphatic heterocycles. The lowest BCUT2D eigenvalue weighted by Crippen LogP contribution is -2.22. The molecule has 9 nitrogen and oxygen atoms in total. The van der Waals surface area contributed by atoms with Gasteiger partial charge in [-0.3, -0.25) is 9.36 Å². The molecule has 1 N–H and O–H groups in total. The molecule has 2 aliphatic rings. The summed E-state index contributed by atoms with van der Waals surface area (Å²) in [4.78, 5) is 25.2. The lowest BCUT2D eigenvalue weighted by molar-refractivity contribution is 0.363. The van der Waals surface area contributed by atoms with E-state index in [1.54, 1.807) is 17.9 Å². The molecule has 2 fully saturated rings. The molecule has 0 aromatic carbocycles. The standard InChI is InChI=1S/C14H15N7O2.ClH/c1-20-5-16-13-11(20)14(22)21(6-17-13)4-9-18-12(19-23-9)10-7-2-15-3-8(7)10;/h5-8,10,15H,2-4H2,1H3;1H/t7-,8+,10+;. The monoisotopic (exact) mass is 349 g/mol. The number of aryl methyl sites for hydroxylation is 1. The molecule has 3 aromatic rings. The molecule has 0 bridgehead atoms. The highest BCUT2D eigenvalue weighted by Gasteiger charge is 2.55. The second-order valence-corrected chi connectivity index (χ2v) is 6.26. The molecule has 0 unspecified atom stereocenters. The van der Waals surface area contributed by atoms with E-state index in [-0.39, 0.29) is 24.5 Å². The molecular weight excluding hydrogens is 334 g/mol. The third-order valence-corrected chi connectivity index (χ3v) is 4.88. The first-order chi connectivity index (χ1) is 11.2. The average molecular weight is 350 g/mol. The van der Waals surface area contributed by atoms with Crippen molar-refractivity contribution in [2.75, 3.05) is 13.1 Å². The van der Waals surface area contributed by atoms with Crippen molar-refractivity contribution in [3.63, 3.8) is 0 Å². The Morgan fingerprint density at radius 3 is 2.83 bits per heavy atom. The molecule has 126 valence electrons. The van der Waals surface area contributed by atoms with Crippen molar-refractivity contribution in [2.24, 2.45) is 18.9 Å². The van der Waals surface area contributed by atoms with Crippen LogP contribution < -0.4 is 10.9 Å². The van der Waals surface area contributed by atoms with Crippen LogP contribution in [0.2, 0.25) is 0 Å². The van der Waals surface area contributed by atoms with Crippen molar-refractivity contribution in [1.29, 1.82) is 0 Å². The molecule has 0 radical (unpaired) electrons. The third kappa shape index (κ3) is 2.15. The molecule has 10 heteroatoms. The van der Waals surface area contributed by atoms with E-state index in [4.69, 9.17) is 4.52 Å². The largest absolute Gasteiger partial charge is 0.337 e. The number of rotatable bonds is 3. The summed E-state index contributed by atoms with van der Waals surface area (Å²) in [5.41, 5.74) is 0.746. The topological polar surface area (TPSA) is 104 Å². The molecule has 1 saturated heterocycles. The summed E-state index contributed by atoms with van der Waals surface area (Å²) in [6.45, 7) is 2.28. The number of fused-ring (bicyclic) bond motifs is 2. The molecule has 24 heavy (non-hydrogen) atoms. The summed E-state index contributed by atoms with van der Waals surface area (Å²) in [6, 6.07) is 0. The molecule has 0 spiro atoms. The number of nitrogens with one attached hydrogen (secondary N) is 1. The van der Waals surface area contributed by atoms with Crippen LogP contribution in [0.15, 0.2) is 22.0 Å². The number of imidazole rings is 1. The van der Waals surface area contributed by atoms with Crippen LogP contribution in [-0.4, -0.2) is 42.3 Å². The minimum Gasteiger partial charge on any atom is -0.337 e. The van der Waals surface area contributed by atoms with Gasteiger partial charge in [-0.05, 0) is 24.9 Å². The molecule has 4 heterocycles. The zero-order valence-electron chi connectivity index (χ0n) is 12.9. The van der Waals surface area contributed by atoms with Gasteiger partial charge in [0.15, 0.2) is 17.0 Å². The van der Waals surface area contributed by atoms with Crippen LogP contribution in [0.3, 0.4) is 0 Å². The van der Waals surface area contributed by atoms with E-state index in [0.29, 0.717) is 34.8 Å². The van der Waals surface area contributed by atoms with E-state index < -0.39 is 0 Å². The van der Waals surface area contributed by atoms with Gasteiger partial charge in [-0.1, -0.05) is 5.16 Å². The van der Waals surface area contributed by atoms with Crippen LogP contribution in [0.4, 0.5) is 0 Å². The van der Waals surface area contributed by atoms with Gasteiger partial charge in [-0.15, -0.1) is 12.4 Å². The lowest BCUT2D eigenvalue weighted by atomic mass is 10.3. The Bertz CT molecular complexity index is 952. The molecule has 0 amide bonds. The Balaban J connectivity index is 0.00000146. The van der Waals surface area contributed by atoms with Crippen LogP contribution in [0.5, 0.6) is 0 Å². The van der Waals surface area contributed by atoms with Gasteiger partial charge in [-0.2, -0.15) is 4.98 Å². The molecule has 3 aromatic heterocycles. The van der Waals surface area contributed by atoms with Crippen molar-refractivity contribution in [1.82, 2.24) is 34.6 Å². The Hall–Kier alpha value is -2.26. The molecule has 3 atom stereocenters. The number of piperidine rings is 1. The second-order valence-electron chi connectivity index (χ2n) is 6.26. The van der Waals surface area contributed by atoms with E-state index in [1.165, 1.54) is 10.9 Å². The van der Waals surface area contributed by atoms with Crippen LogP contribution >= 0.6 is 12.4 Å². The highest BCUT2D eigenvalue weighted by molar-refractivity contribution is 5.85. The number of hydrogen-bond acceptors (Lipinski definition) is 7. The van der Waals surface area contributed by atoms with Crippen molar-refractivity contribution in [3.8, 4) is 0 Å². The van der Waals surface area contributed by atoms with Crippen molar-refractivity contribution in [3.05, 3.63) is 34.7 Å². The summed E-state index contributed by atoms with van der Waals surface area (Å²) in [5.74, 6) is 2.87. The van der Waals surface area contributed by atoms with Gasteiger partial charge >= 0.3 is 0 Å². The smallest absolute Gasteiger partial charge is 0.280 e. The average Bonchev–Trinajstić information content (AvgIpc) is 3.01. The Labute approximate surface area is 142 Å². The highest BCUT2D eigenvalue weighted by Crippen LogP contribution is 2.54. The SMILES string of the molecule is Cl.Cn1cnc2ncn(Cc3nc([C@H]4[C@@H]5CNC[C@@H]54)no3)c(=O)c21. The number of hydrogen-bond donors (Lipinski definition) is 1. The molecule has 5 rings (SSSR count). The van der Waals surface area contributed by atoms with Gasteiger partial charge in [0.25, 0.3) is 5.56 Å². The first-order valence-electron chi connectivity index (χ1n) is 7.62. The first kappa shape index (κ1) is 15.3. The summed E-state index contributed by atoms with van der Waals surface area (Å²) < 4.78 is 8.46. The molecule has 1 aliphatic carbocycles. The zero-order chi connectivity index (χ0) is 15.6. The fraction of sp³-hybridized carbons (Fsp3) is 0.500. The van der Waals surface area contributed by atoms with Crippen LogP contribution in [0.1, 0.15) is 17.6 Å².